The molecule has 0 aromatic heterocycles. The number of carbonyl (C=O) groups excluding carboxylic acids is 1. The molecule has 1 aliphatic heterocycles. The molecule has 0 fully saturated rings. The van der Waals surface area contributed by atoms with Crippen molar-refractivity contribution in [3.05, 3.63) is 23.8 Å². The summed E-state index contributed by atoms with van der Waals surface area (Å²) in [5, 5.41) is 27.8. The maximum atomic E-state index is 9.58. The van der Waals surface area contributed by atoms with Crippen molar-refractivity contribution in [2.75, 3.05) is 12.8 Å². The summed E-state index contributed by atoms with van der Waals surface area (Å²) in [5.41, 5.74) is 0.706. The maximum Gasteiger partial charge on any atom is 0.232 e. The number of hydrogen-bond acceptors (Lipinski definition) is 6. The van der Waals surface area contributed by atoms with Gasteiger partial charge in [0, 0.05) is 24.4 Å². The number of thioether (sulfide) groups is 1. The Balaban J connectivity index is 0.000000312. The van der Waals surface area contributed by atoms with Crippen molar-refractivity contribution in [2.45, 2.75) is 13.0 Å². The third-order valence-corrected chi connectivity index (χ3v) is 3.41. The molecule has 0 aliphatic carbocycles. The molecule has 2 rings (SSSR count). The molecule has 0 bridgehead atoms. The van der Waals surface area contributed by atoms with Crippen molar-refractivity contribution in [2.24, 2.45) is 4.99 Å². The molecule has 1 aromatic carbocycles. The van der Waals surface area contributed by atoms with Crippen LogP contribution in [0.5, 0.6) is 11.5 Å². The highest BCUT2D eigenvalue weighted by atomic mass is 32.2. The molecule has 1 aromatic rings. The van der Waals surface area contributed by atoms with Gasteiger partial charge >= 0.3 is 0 Å². The first-order valence-corrected chi connectivity index (χ1v) is 6.52. The van der Waals surface area contributed by atoms with Crippen LogP contribution in [0.4, 0.5) is 0 Å². The molecule has 3 N–H and O–H groups in total. The topological polar surface area (TPSA) is 93.4 Å². The van der Waals surface area contributed by atoms with Gasteiger partial charge in [-0.2, -0.15) is 0 Å². The summed E-state index contributed by atoms with van der Waals surface area (Å²) in [6.07, 6.45) is 0.306. The van der Waals surface area contributed by atoms with E-state index in [1.807, 2.05) is 6.92 Å². The second kappa shape index (κ2) is 7.01. The van der Waals surface area contributed by atoms with Crippen LogP contribution in [-0.2, 0) is 4.79 Å². The van der Waals surface area contributed by atoms with E-state index in [1.165, 1.54) is 13.1 Å². The molecule has 1 amide bonds. The fourth-order valence-electron chi connectivity index (χ4n) is 1.32. The van der Waals surface area contributed by atoms with E-state index in [0.29, 0.717) is 23.1 Å². The Morgan fingerprint density at radius 1 is 1.47 bits per heavy atom. The van der Waals surface area contributed by atoms with Crippen LogP contribution in [-0.4, -0.2) is 50.8 Å². The number of benzene rings is 1. The molecule has 0 saturated heterocycles. The standard InChI is InChI=1S/C10H11NO2S.C2H5NO2/c1-6-5-14-10(11-6)8-3-2-7(12)4-9(8)13;1-3(5)2-4/h2-4,6,12-13H,5H2,1H3;2,5H,1H3/t6-;/m0./s1. The van der Waals surface area contributed by atoms with Gasteiger partial charge in [-0.05, 0) is 19.1 Å². The van der Waals surface area contributed by atoms with Gasteiger partial charge in [-0.3, -0.25) is 15.0 Å². The molecule has 1 aliphatic rings. The SMILES string of the molecule is CN(O)C=O.C[C@H]1CSC(c2ccc(O)cc2O)=N1. The second-order valence-electron chi connectivity index (χ2n) is 3.97. The zero-order valence-electron chi connectivity index (χ0n) is 10.6. The van der Waals surface area contributed by atoms with E-state index in [4.69, 9.17) is 10.3 Å². The van der Waals surface area contributed by atoms with Crippen LogP contribution < -0.4 is 0 Å². The average molecular weight is 284 g/mol. The largest absolute Gasteiger partial charge is 0.508 e. The Hall–Kier alpha value is -1.73. The van der Waals surface area contributed by atoms with Gasteiger partial charge in [-0.15, -0.1) is 11.8 Å². The number of phenols is 2. The third-order valence-electron chi connectivity index (χ3n) is 2.16. The zero-order valence-corrected chi connectivity index (χ0v) is 11.5. The highest BCUT2D eigenvalue weighted by molar-refractivity contribution is 8.14. The number of hydrogen-bond donors (Lipinski definition) is 3. The number of carbonyl (C=O) groups is 1. The second-order valence-corrected chi connectivity index (χ2v) is 4.98. The first-order chi connectivity index (χ1) is 8.93. The summed E-state index contributed by atoms with van der Waals surface area (Å²) in [6, 6.07) is 4.89. The number of phenolic OH excluding ortho intramolecular Hbond substituents is 2. The lowest BCUT2D eigenvalue weighted by Crippen LogP contribution is -2.07. The Morgan fingerprint density at radius 3 is 2.53 bits per heavy atom. The molecule has 7 heteroatoms. The van der Waals surface area contributed by atoms with Gasteiger partial charge in [0.1, 0.15) is 16.5 Å². The van der Waals surface area contributed by atoms with E-state index in [0.717, 1.165) is 10.8 Å². The van der Waals surface area contributed by atoms with Crippen molar-refractivity contribution in [1.82, 2.24) is 5.06 Å². The Kier molecular flexibility index (Phi) is 5.65. The Morgan fingerprint density at radius 2 is 2.11 bits per heavy atom. The minimum absolute atomic E-state index is 0.0721. The molecule has 1 heterocycles. The Bertz CT molecular complexity index is 477. The van der Waals surface area contributed by atoms with Crippen molar-refractivity contribution < 1.29 is 20.2 Å². The van der Waals surface area contributed by atoms with E-state index in [2.05, 4.69) is 4.99 Å². The van der Waals surface area contributed by atoms with Crippen LogP contribution in [0.2, 0.25) is 0 Å². The minimum atomic E-state index is 0.0721. The number of aliphatic imine (C=N–C) groups is 1. The number of rotatable bonds is 2. The van der Waals surface area contributed by atoms with E-state index in [-0.39, 0.29) is 11.5 Å². The van der Waals surface area contributed by atoms with Gasteiger partial charge in [-0.1, -0.05) is 0 Å². The summed E-state index contributed by atoms with van der Waals surface area (Å²) in [7, 11) is 1.24. The van der Waals surface area contributed by atoms with E-state index in [1.54, 1.807) is 23.9 Å². The van der Waals surface area contributed by atoms with Crippen LogP contribution >= 0.6 is 11.8 Å². The quantitative estimate of drug-likeness (QED) is 0.434. The first-order valence-electron chi connectivity index (χ1n) is 5.54. The molecule has 6 nitrogen and oxygen atoms in total. The van der Waals surface area contributed by atoms with Crippen LogP contribution in [0.15, 0.2) is 23.2 Å². The highest BCUT2D eigenvalue weighted by Gasteiger charge is 2.18. The van der Waals surface area contributed by atoms with E-state index in [9.17, 15) is 9.90 Å². The monoisotopic (exact) mass is 284 g/mol. The van der Waals surface area contributed by atoms with Crippen molar-refractivity contribution in [1.29, 1.82) is 0 Å². The Labute approximate surface area is 115 Å². The molecule has 1 atom stereocenters. The third kappa shape index (κ3) is 4.80. The summed E-state index contributed by atoms with van der Waals surface area (Å²) in [4.78, 5) is 13.6. The van der Waals surface area contributed by atoms with Gasteiger partial charge in [0.25, 0.3) is 0 Å². The number of aromatic hydroxyl groups is 2. The van der Waals surface area contributed by atoms with Gasteiger partial charge in [0.05, 0.1) is 6.04 Å². The predicted molar refractivity (Wildman–Crippen MR) is 73.8 cm³/mol. The first kappa shape index (κ1) is 15.3. The summed E-state index contributed by atoms with van der Waals surface area (Å²) in [5.74, 6) is 1.11. The van der Waals surface area contributed by atoms with Crippen LogP contribution in [0.1, 0.15) is 12.5 Å². The van der Waals surface area contributed by atoms with E-state index < -0.39 is 0 Å². The lowest BCUT2D eigenvalue weighted by Gasteiger charge is -2.03. The fraction of sp³-hybridized carbons (Fsp3) is 0.333. The molecule has 0 spiro atoms. The lowest BCUT2D eigenvalue weighted by atomic mass is 10.2. The van der Waals surface area contributed by atoms with Crippen LogP contribution in [0.3, 0.4) is 0 Å². The summed E-state index contributed by atoms with van der Waals surface area (Å²) >= 11 is 1.63. The van der Waals surface area contributed by atoms with Crippen LogP contribution in [0.25, 0.3) is 0 Å². The highest BCUT2D eigenvalue weighted by Crippen LogP contribution is 2.30. The number of nitrogens with zero attached hydrogens (tertiary/aromatic N) is 2. The normalized spacial score (nSPS) is 17.2. The molecule has 19 heavy (non-hydrogen) atoms. The predicted octanol–water partition coefficient (Wildman–Crippen LogP) is 1.44. The van der Waals surface area contributed by atoms with E-state index >= 15 is 0 Å². The van der Waals surface area contributed by atoms with Gasteiger partial charge in [0.15, 0.2) is 0 Å². The molecule has 0 radical (unpaired) electrons. The number of amides is 1. The fourth-order valence-corrected chi connectivity index (χ4v) is 2.38. The molecule has 104 valence electrons. The minimum Gasteiger partial charge on any atom is -0.508 e. The van der Waals surface area contributed by atoms with Gasteiger partial charge < -0.3 is 10.2 Å². The average Bonchev–Trinajstić information content (AvgIpc) is 2.76. The van der Waals surface area contributed by atoms with Gasteiger partial charge in [0.2, 0.25) is 6.41 Å². The maximum absolute atomic E-state index is 9.58. The van der Waals surface area contributed by atoms with Crippen molar-refractivity contribution >= 4 is 23.2 Å². The molecule has 0 saturated carbocycles. The van der Waals surface area contributed by atoms with Crippen molar-refractivity contribution in [3.8, 4) is 11.5 Å². The van der Waals surface area contributed by atoms with Crippen molar-refractivity contribution in [3.63, 3.8) is 0 Å². The summed E-state index contributed by atoms with van der Waals surface area (Å²) < 4.78 is 0. The molecule has 0 unspecified atom stereocenters. The summed E-state index contributed by atoms with van der Waals surface area (Å²) in [6.45, 7) is 2.04. The van der Waals surface area contributed by atoms with Crippen LogP contribution in [0, 0.1) is 0 Å². The number of hydroxylamine groups is 2. The molecular formula is C12H16N2O4S. The smallest absolute Gasteiger partial charge is 0.232 e. The van der Waals surface area contributed by atoms with Gasteiger partial charge in [-0.25, -0.2) is 5.06 Å². The molecular weight excluding hydrogens is 268 g/mol. The lowest BCUT2D eigenvalue weighted by molar-refractivity contribution is -0.143. The zero-order chi connectivity index (χ0) is 14.4.